The van der Waals surface area contributed by atoms with Gasteiger partial charge in [0.25, 0.3) is 5.56 Å². The van der Waals surface area contributed by atoms with E-state index in [1.54, 1.807) is 25.6 Å². The number of nitrogens with one attached hydrogen (secondary N) is 2. The molecule has 0 bridgehead atoms. The van der Waals surface area contributed by atoms with Crippen LogP contribution in [0.15, 0.2) is 65.5 Å². The maximum atomic E-state index is 13.0. The highest BCUT2D eigenvalue weighted by atomic mass is 32.2. The number of anilines is 1. The van der Waals surface area contributed by atoms with Gasteiger partial charge < -0.3 is 10.6 Å². The summed E-state index contributed by atoms with van der Waals surface area (Å²) in [7, 11) is 1.78. The summed E-state index contributed by atoms with van der Waals surface area (Å²) >= 11 is 1.24. The van der Waals surface area contributed by atoms with Gasteiger partial charge in [-0.1, -0.05) is 55.5 Å². The normalized spacial score (nSPS) is 12.7. The number of carbonyl (C=O) groups excluding carboxylic acids is 2. The van der Waals surface area contributed by atoms with Crippen molar-refractivity contribution in [1.29, 1.82) is 0 Å². The van der Waals surface area contributed by atoms with Crippen molar-refractivity contribution in [3.63, 3.8) is 0 Å². The molecule has 2 atom stereocenters. The molecule has 1 heterocycles. The van der Waals surface area contributed by atoms with Crippen molar-refractivity contribution in [2.75, 3.05) is 17.6 Å². The first-order valence-electron chi connectivity index (χ1n) is 10.9. The van der Waals surface area contributed by atoms with Gasteiger partial charge in [-0.3, -0.25) is 19.1 Å². The average Bonchev–Trinajstić information content (AvgIpc) is 3.04. The summed E-state index contributed by atoms with van der Waals surface area (Å²) in [5.41, 5.74) is 2.50. The van der Waals surface area contributed by atoms with Crippen molar-refractivity contribution in [1.82, 2.24) is 14.7 Å². The minimum atomic E-state index is -0.494. The Bertz CT molecular complexity index is 1160. The summed E-state index contributed by atoms with van der Waals surface area (Å²) in [5, 5.41) is 5.19. The Morgan fingerprint density at radius 3 is 2.24 bits per heavy atom. The van der Waals surface area contributed by atoms with Crippen molar-refractivity contribution in [2.45, 2.75) is 31.9 Å². The van der Waals surface area contributed by atoms with Crippen molar-refractivity contribution in [3.8, 4) is 5.69 Å². The van der Waals surface area contributed by atoms with Gasteiger partial charge in [0.15, 0.2) is 0 Å². The zero-order valence-electron chi connectivity index (χ0n) is 19.4. The lowest BCUT2D eigenvalue weighted by Gasteiger charge is -2.14. The lowest BCUT2D eigenvalue weighted by Crippen LogP contribution is -2.31. The maximum Gasteiger partial charge on any atom is 0.295 e. The van der Waals surface area contributed by atoms with Gasteiger partial charge in [-0.05, 0) is 37.5 Å². The van der Waals surface area contributed by atoms with E-state index in [1.165, 1.54) is 16.4 Å². The van der Waals surface area contributed by atoms with E-state index in [2.05, 4.69) is 17.6 Å². The fraction of sp³-hybridized carbons (Fsp3) is 0.320. The van der Waals surface area contributed by atoms with Gasteiger partial charge in [-0.15, -0.1) is 11.8 Å². The molecule has 0 fully saturated rings. The lowest BCUT2D eigenvalue weighted by molar-refractivity contribution is -0.118. The first-order chi connectivity index (χ1) is 15.8. The lowest BCUT2D eigenvalue weighted by atomic mass is 10.0. The highest BCUT2D eigenvalue weighted by Crippen LogP contribution is 2.17. The molecule has 2 N–H and O–H groups in total. The van der Waals surface area contributed by atoms with E-state index in [9.17, 15) is 14.4 Å². The number of para-hydroxylation sites is 1. The van der Waals surface area contributed by atoms with Gasteiger partial charge in [0.2, 0.25) is 11.8 Å². The molecule has 7 nitrogen and oxygen atoms in total. The third-order valence-electron chi connectivity index (χ3n) is 5.61. The summed E-state index contributed by atoms with van der Waals surface area (Å²) in [6.45, 7) is 6.11. The maximum absolute atomic E-state index is 13.0. The summed E-state index contributed by atoms with van der Waals surface area (Å²) < 4.78 is 3.23. The van der Waals surface area contributed by atoms with Gasteiger partial charge in [0.05, 0.1) is 22.4 Å². The fourth-order valence-electron chi connectivity index (χ4n) is 3.43. The third kappa shape index (κ3) is 5.96. The van der Waals surface area contributed by atoms with Crippen molar-refractivity contribution < 1.29 is 9.59 Å². The van der Waals surface area contributed by atoms with E-state index in [1.807, 2.05) is 60.7 Å². The molecule has 8 heteroatoms. The Balaban J connectivity index is 1.55. The smallest absolute Gasteiger partial charge is 0.295 e. The number of benzene rings is 2. The summed E-state index contributed by atoms with van der Waals surface area (Å²) in [6.07, 6.45) is 0. The molecule has 174 valence electrons. The molecule has 0 spiro atoms. The third-order valence-corrected chi connectivity index (χ3v) is 6.75. The van der Waals surface area contributed by atoms with E-state index in [0.717, 1.165) is 11.3 Å². The van der Waals surface area contributed by atoms with Crippen molar-refractivity contribution >= 4 is 29.3 Å². The summed E-state index contributed by atoms with van der Waals surface area (Å²) in [4.78, 5) is 37.9. The first-order valence-corrected chi connectivity index (χ1v) is 11.9. The van der Waals surface area contributed by atoms with Crippen LogP contribution < -0.4 is 16.2 Å². The molecule has 3 aromatic rings. The molecular formula is C25H30N4O3S. The molecular weight excluding hydrogens is 436 g/mol. The fourth-order valence-corrected chi connectivity index (χ4v) is 4.14. The van der Waals surface area contributed by atoms with Gasteiger partial charge >= 0.3 is 0 Å². The van der Waals surface area contributed by atoms with E-state index in [-0.39, 0.29) is 34.7 Å². The van der Waals surface area contributed by atoms with Crippen LogP contribution in [0.3, 0.4) is 0 Å². The molecule has 33 heavy (non-hydrogen) atoms. The number of rotatable bonds is 9. The van der Waals surface area contributed by atoms with E-state index < -0.39 is 5.25 Å². The van der Waals surface area contributed by atoms with Crippen LogP contribution in [0.1, 0.15) is 31.0 Å². The average molecular weight is 467 g/mol. The van der Waals surface area contributed by atoms with Crippen LogP contribution in [0.25, 0.3) is 5.69 Å². The predicted molar refractivity (Wildman–Crippen MR) is 134 cm³/mol. The van der Waals surface area contributed by atoms with Crippen LogP contribution in [-0.2, 0) is 16.6 Å². The number of aromatic nitrogens is 2. The van der Waals surface area contributed by atoms with Crippen LogP contribution >= 0.6 is 11.8 Å². The van der Waals surface area contributed by atoms with E-state index >= 15 is 0 Å². The Morgan fingerprint density at radius 1 is 1.00 bits per heavy atom. The van der Waals surface area contributed by atoms with Gasteiger partial charge in [-0.2, -0.15) is 0 Å². The monoisotopic (exact) mass is 466 g/mol. The molecule has 0 aliphatic carbocycles. The quantitative estimate of drug-likeness (QED) is 0.506. The molecule has 0 aliphatic rings. The topological polar surface area (TPSA) is 85.1 Å². The molecule has 2 amide bonds. The largest absolute Gasteiger partial charge is 0.355 e. The van der Waals surface area contributed by atoms with Gasteiger partial charge in [-0.25, -0.2) is 4.68 Å². The SMILES string of the molecule is Cc1c(NC(=O)C(C)SCC(=O)NCC(C)c2ccccc2)c(=O)n(-c2ccccc2)n1C. The molecule has 3 rings (SSSR count). The number of nitrogens with zero attached hydrogens (tertiary/aromatic N) is 2. The summed E-state index contributed by atoms with van der Waals surface area (Å²) in [6, 6.07) is 19.3. The highest BCUT2D eigenvalue weighted by Gasteiger charge is 2.22. The number of thioether (sulfide) groups is 1. The van der Waals surface area contributed by atoms with Crippen molar-refractivity contribution in [3.05, 3.63) is 82.3 Å². The Labute approximate surface area is 198 Å². The molecule has 0 aliphatic heterocycles. The number of carbonyl (C=O) groups is 2. The molecule has 0 saturated heterocycles. The van der Waals surface area contributed by atoms with Crippen LogP contribution in [0.4, 0.5) is 5.69 Å². The zero-order chi connectivity index (χ0) is 24.0. The predicted octanol–water partition coefficient (Wildman–Crippen LogP) is 3.46. The Morgan fingerprint density at radius 2 is 1.61 bits per heavy atom. The molecule has 2 unspecified atom stereocenters. The van der Waals surface area contributed by atoms with Crippen molar-refractivity contribution in [2.24, 2.45) is 7.05 Å². The van der Waals surface area contributed by atoms with Crippen LogP contribution in [0.5, 0.6) is 0 Å². The number of hydrogen-bond donors (Lipinski definition) is 2. The minimum absolute atomic E-state index is 0.121. The molecule has 1 aromatic heterocycles. The molecule has 0 radical (unpaired) electrons. The summed E-state index contributed by atoms with van der Waals surface area (Å²) in [5.74, 6) is -0.0621. The van der Waals surface area contributed by atoms with E-state index in [4.69, 9.17) is 0 Å². The van der Waals surface area contributed by atoms with Crippen LogP contribution in [-0.4, -0.2) is 38.7 Å². The second-order valence-electron chi connectivity index (χ2n) is 7.99. The molecule has 0 saturated carbocycles. The number of amides is 2. The van der Waals surface area contributed by atoms with Crippen LogP contribution in [0.2, 0.25) is 0 Å². The second kappa shape index (κ2) is 11.0. The van der Waals surface area contributed by atoms with Gasteiger partial charge in [0.1, 0.15) is 5.69 Å². The minimum Gasteiger partial charge on any atom is -0.355 e. The molecule has 2 aromatic carbocycles. The van der Waals surface area contributed by atoms with E-state index in [0.29, 0.717) is 12.2 Å². The highest BCUT2D eigenvalue weighted by molar-refractivity contribution is 8.01. The van der Waals surface area contributed by atoms with Gasteiger partial charge in [0, 0.05) is 13.6 Å². The first kappa shape index (κ1) is 24.4. The second-order valence-corrected chi connectivity index (χ2v) is 9.32. The zero-order valence-corrected chi connectivity index (χ0v) is 20.2. The Hall–Kier alpha value is -3.26. The standard InChI is InChI=1S/C25H30N4O3S/c1-17(20-11-7-5-8-12-20)15-26-22(30)16-33-19(3)24(31)27-23-18(2)28(4)29(25(23)32)21-13-9-6-10-14-21/h5-14,17,19H,15-16H2,1-4H3,(H,26,30)(H,27,31). The van der Waals surface area contributed by atoms with Crippen LogP contribution in [0, 0.1) is 6.92 Å². The Kier molecular flexibility index (Phi) is 8.16. The number of hydrogen-bond acceptors (Lipinski definition) is 4.